The summed E-state index contributed by atoms with van der Waals surface area (Å²) in [5.74, 6) is -1.85. The van der Waals surface area contributed by atoms with Crippen LogP contribution >= 0.6 is 0 Å². The zero-order valence-electron chi connectivity index (χ0n) is 15.3. The standard InChI is InChI=1S/C19H24O8/c1-9-4-3-5-19(26-9)17(22)13(21)8-14(27-19)16-11-6-10(24-2)7-12(20)15(11)18(23)25-16/h6-7,9,13-14,16-17,20-22H,3-5,8H2,1-2H3/t9-,13-,14+,16-,17-,19+/m0/s1. The van der Waals surface area contributed by atoms with Crippen molar-refractivity contribution in [1.82, 2.24) is 0 Å². The highest BCUT2D eigenvalue weighted by Gasteiger charge is 2.55. The van der Waals surface area contributed by atoms with Crippen molar-refractivity contribution in [1.29, 1.82) is 0 Å². The van der Waals surface area contributed by atoms with Crippen LogP contribution in [-0.2, 0) is 14.2 Å². The van der Waals surface area contributed by atoms with E-state index >= 15 is 0 Å². The number of fused-ring (bicyclic) bond motifs is 1. The number of benzene rings is 1. The minimum absolute atomic E-state index is 0.0655. The minimum atomic E-state index is -1.34. The molecular formula is C19H24O8. The first-order chi connectivity index (χ1) is 12.8. The Balaban J connectivity index is 1.69. The minimum Gasteiger partial charge on any atom is -0.507 e. The fourth-order valence-electron chi connectivity index (χ4n) is 4.32. The number of aromatic hydroxyl groups is 1. The molecule has 1 spiro atoms. The van der Waals surface area contributed by atoms with Crippen LogP contribution in [0.15, 0.2) is 12.1 Å². The summed E-state index contributed by atoms with van der Waals surface area (Å²) >= 11 is 0. The number of aliphatic hydroxyl groups excluding tert-OH is 2. The molecule has 0 aromatic heterocycles. The molecule has 0 saturated carbocycles. The lowest BCUT2D eigenvalue weighted by Crippen LogP contribution is -2.62. The smallest absolute Gasteiger partial charge is 0.343 e. The molecule has 3 aliphatic rings. The molecule has 6 atom stereocenters. The molecule has 3 N–H and O–H groups in total. The van der Waals surface area contributed by atoms with Gasteiger partial charge in [-0.3, -0.25) is 0 Å². The van der Waals surface area contributed by atoms with E-state index in [1.54, 1.807) is 6.07 Å². The summed E-state index contributed by atoms with van der Waals surface area (Å²) in [6.07, 6.45) is -1.85. The summed E-state index contributed by atoms with van der Waals surface area (Å²) in [5, 5.41) is 31.2. The molecule has 1 aromatic carbocycles. The molecule has 3 heterocycles. The Morgan fingerprint density at radius 3 is 2.74 bits per heavy atom. The van der Waals surface area contributed by atoms with Crippen LogP contribution in [0.25, 0.3) is 0 Å². The second kappa shape index (κ2) is 6.63. The van der Waals surface area contributed by atoms with Crippen molar-refractivity contribution in [2.75, 3.05) is 7.11 Å². The van der Waals surface area contributed by atoms with Crippen LogP contribution in [0.4, 0.5) is 0 Å². The van der Waals surface area contributed by atoms with E-state index in [2.05, 4.69) is 0 Å². The van der Waals surface area contributed by atoms with E-state index < -0.39 is 36.2 Å². The van der Waals surface area contributed by atoms with Gasteiger partial charge in [-0.25, -0.2) is 4.79 Å². The number of methoxy groups -OCH3 is 1. The quantitative estimate of drug-likeness (QED) is 0.660. The third kappa shape index (κ3) is 2.97. The summed E-state index contributed by atoms with van der Waals surface area (Å²) in [5.41, 5.74) is 0.501. The highest BCUT2D eigenvalue weighted by molar-refractivity contribution is 5.97. The van der Waals surface area contributed by atoms with Gasteiger partial charge in [-0.15, -0.1) is 0 Å². The van der Waals surface area contributed by atoms with Gasteiger partial charge in [-0.1, -0.05) is 0 Å². The Morgan fingerprint density at radius 1 is 1.26 bits per heavy atom. The van der Waals surface area contributed by atoms with Gasteiger partial charge in [0.15, 0.2) is 11.9 Å². The van der Waals surface area contributed by atoms with Crippen molar-refractivity contribution in [2.45, 2.75) is 68.9 Å². The van der Waals surface area contributed by atoms with Gasteiger partial charge >= 0.3 is 5.97 Å². The van der Waals surface area contributed by atoms with E-state index in [-0.39, 0.29) is 23.8 Å². The molecule has 2 fully saturated rings. The summed E-state index contributed by atoms with van der Waals surface area (Å²) in [6.45, 7) is 1.89. The van der Waals surface area contributed by atoms with E-state index in [4.69, 9.17) is 18.9 Å². The first kappa shape index (κ1) is 18.5. The number of carbonyl (C=O) groups is 1. The predicted octanol–water partition coefficient (Wildman–Crippen LogP) is 1.41. The predicted molar refractivity (Wildman–Crippen MR) is 91.4 cm³/mol. The van der Waals surface area contributed by atoms with Crippen molar-refractivity contribution >= 4 is 5.97 Å². The van der Waals surface area contributed by atoms with Crippen LogP contribution in [0.2, 0.25) is 0 Å². The molecule has 27 heavy (non-hydrogen) atoms. The number of phenolic OH excluding ortho intramolecular Hbond substituents is 1. The van der Waals surface area contributed by atoms with Crippen LogP contribution in [0.1, 0.15) is 54.6 Å². The van der Waals surface area contributed by atoms with Gasteiger partial charge in [0.05, 0.1) is 19.3 Å². The van der Waals surface area contributed by atoms with Crippen LogP contribution in [0, 0.1) is 0 Å². The third-order valence-electron chi connectivity index (χ3n) is 5.62. The highest BCUT2D eigenvalue weighted by atomic mass is 16.7. The number of rotatable bonds is 2. The Hall–Kier alpha value is -1.87. The Bertz CT molecular complexity index is 749. The Morgan fingerprint density at radius 2 is 2.04 bits per heavy atom. The maximum atomic E-state index is 12.3. The topological polar surface area (TPSA) is 115 Å². The zero-order chi connectivity index (χ0) is 19.3. The van der Waals surface area contributed by atoms with Gasteiger partial charge in [0.25, 0.3) is 0 Å². The second-order valence-corrected chi connectivity index (χ2v) is 7.47. The normalized spacial score (nSPS) is 38.5. The van der Waals surface area contributed by atoms with Crippen LogP contribution < -0.4 is 4.74 Å². The SMILES string of the molecule is COc1cc(O)c2c(c1)[C@@H]([C@H]1C[C@H](O)[C@H](O)[C@@]3(CCC[C@H](C)O3)O1)OC2=O. The lowest BCUT2D eigenvalue weighted by molar-refractivity contribution is -0.372. The van der Waals surface area contributed by atoms with Gasteiger partial charge in [0.1, 0.15) is 29.3 Å². The van der Waals surface area contributed by atoms with Gasteiger partial charge < -0.3 is 34.3 Å². The maximum absolute atomic E-state index is 12.3. The molecule has 3 aliphatic heterocycles. The van der Waals surface area contributed by atoms with E-state index in [0.29, 0.717) is 17.7 Å². The molecule has 4 rings (SSSR count). The summed E-state index contributed by atoms with van der Waals surface area (Å²) < 4.78 is 22.7. The largest absolute Gasteiger partial charge is 0.507 e. The second-order valence-electron chi connectivity index (χ2n) is 7.47. The van der Waals surface area contributed by atoms with Crippen molar-refractivity contribution in [3.8, 4) is 11.5 Å². The average Bonchev–Trinajstić information content (AvgIpc) is 2.96. The van der Waals surface area contributed by atoms with Gasteiger partial charge in [-0.05, 0) is 25.8 Å². The van der Waals surface area contributed by atoms with Crippen LogP contribution in [0.5, 0.6) is 11.5 Å². The summed E-state index contributed by atoms with van der Waals surface area (Å²) in [6, 6.07) is 2.96. The van der Waals surface area contributed by atoms with Crippen molar-refractivity contribution in [3.63, 3.8) is 0 Å². The molecular weight excluding hydrogens is 356 g/mol. The van der Waals surface area contributed by atoms with Crippen molar-refractivity contribution in [2.24, 2.45) is 0 Å². The molecule has 0 amide bonds. The van der Waals surface area contributed by atoms with Gasteiger partial charge in [-0.2, -0.15) is 0 Å². The molecule has 2 saturated heterocycles. The Labute approximate surface area is 156 Å². The molecule has 0 bridgehead atoms. The molecule has 8 nitrogen and oxygen atoms in total. The number of hydrogen-bond donors (Lipinski definition) is 3. The van der Waals surface area contributed by atoms with E-state index in [0.717, 1.165) is 12.8 Å². The lowest BCUT2D eigenvalue weighted by Gasteiger charge is -2.50. The maximum Gasteiger partial charge on any atom is 0.343 e. The van der Waals surface area contributed by atoms with Crippen molar-refractivity contribution in [3.05, 3.63) is 23.3 Å². The monoisotopic (exact) mass is 380 g/mol. The van der Waals surface area contributed by atoms with E-state index in [9.17, 15) is 20.1 Å². The Kier molecular flexibility index (Phi) is 4.54. The molecule has 148 valence electrons. The zero-order valence-corrected chi connectivity index (χ0v) is 15.3. The van der Waals surface area contributed by atoms with Crippen molar-refractivity contribution < 1.29 is 39.1 Å². The highest BCUT2D eigenvalue weighted by Crippen LogP contribution is 2.47. The number of aliphatic hydroxyl groups is 2. The molecule has 8 heteroatoms. The fourth-order valence-corrected chi connectivity index (χ4v) is 4.32. The fraction of sp³-hybridized carbons (Fsp3) is 0.632. The lowest BCUT2D eigenvalue weighted by atomic mass is 9.86. The number of phenols is 1. The first-order valence-corrected chi connectivity index (χ1v) is 9.18. The van der Waals surface area contributed by atoms with Crippen LogP contribution in [-0.4, -0.2) is 58.6 Å². The molecule has 0 radical (unpaired) electrons. The number of cyclic esters (lactones) is 1. The molecule has 1 aromatic rings. The third-order valence-corrected chi connectivity index (χ3v) is 5.62. The number of ether oxygens (including phenoxy) is 4. The van der Waals surface area contributed by atoms with E-state index in [1.165, 1.54) is 13.2 Å². The summed E-state index contributed by atoms with van der Waals surface area (Å²) in [7, 11) is 1.46. The van der Waals surface area contributed by atoms with Crippen LogP contribution in [0.3, 0.4) is 0 Å². The molecule has 0 aliphatic carbocycles. The van der Waals surface area contributed by atoms with Gasteiger partial charge in [0.2, 0.25) is 0 Å². The van der Waals surface area contributed by atoms with Gasteiger partial charge in [0, 0.05) is 24.5 Å². The first-order valence-electron chi connectivity index (χ1n) is 9.18. The van der Waals surface area contributed by atoms with E-state index in [1.807, 2.05) is 6.92 Å². The summed E-state index contributed by atoms with van der Waals surface area (Å²) in [4.78, 5) is 12.3. The average molecular weight is 380 g/mol. The number of carbonyl (C=O) groups excluding carboxylic acids is 1. The number of esters is 1. The number of hydrogen-bond acceptors (Lipinski definition) is 8. The molecule has 0 unspecified atom stereocenters.